The number of nitrogens with zero attached hydrogens (tertiary/aromatic N) is 3. The molecule has 3 amide bonds. The van der Waals surface area contributed by atoms with Crippen molar-refractivity contribution in [3.05, 3.63) is 96.1 Å². The van der Waals surface area contributed by atoms with Crippen LogP contribution in [0.4, 0.5) is 0 Å². The molecule has 1 spiro atoms. The van der Waals surface area contributed by atoms with E-state index in [2.05, 4.69) is 46.8 Å². The Kier molecular flexibility index (Phi) is 8.74. The minimum absolute atomic E-state index is 0.0269. The van der Waals surface area contributed by atoms with E-state index in [-0.39, 0.29) is 35.0 Å². The van der Waals surface area contributed by atoms with Gasteiger partial charge in [0.15, 0.2) is 0 Å². The lowest BCUT2D eigenvalue weighted by atomic mass is 9.77. The van der Waals surface area contributed by atoms with Crippen LogP contribution in [0.5, 0.6) is 0 Å². The number of carbonyl (C=O) groups excluding carboxylic acids is 3. The van der Waals surface area contributed by atoms with Crippen LogP contribution in [0, 0.1) is 17.3 Å². The summed E-state index contributed by atoms with van der Waals surface area (Å²) in [6, 6.07) is 18.3. The van der Waals surface area contributed by atoms with E-state index >= 15 is 4.79 Å². The molecule has 2 aromatic rings. The van der Waals surface area contributed by atoms with Gasteiger partial charge in [-0.05, 0) is 43.2 Å². The van der Waals surface area contributed by atoms with Gasteiger partial charge in [0, 0.05) is 30.4 Å². The Morgan fingerprint density at radius 1 is 0.870 bits per heavy atom. The van der Waals surface area contributed by atoms with Crippen molar-refractivity contribution in [1.29, 1.82) is 0 Å². The van der Waals surface area contributed by atoms with Crippen molar-refractivity contribution < 1.29 is 19.5 Å². The van der Waals surface area contributed by atoms with E-state index in [4.69, 9.17) is 0 Å². The predicted molar refractivity (Wildman–Crippen MR) is 183 cm³/mol. The highest BCUT2D eigenvalue weighted by molar-refractivity contribution is 8.02. The fraction of sp³-hybridized carbons (Fsp3) is 0.500. The van der Waals surface area contributed by atoms with Crippen LogP contribution in [-0.2, 0) is 27.3 Å². The van der Waals surface area contributed by atoms with Crippen molar-refractivity contribution >= 4 is 29.5 Å². The van der Waals surface area contributed by atoms with Crippen molar-refractivity contribution in [3.8, 4) is 0 Å². The van der Waals surface area contributed by atoms with Gasteiger partial charge in [-0.15, -0.1) is 11.8 Å². The summed E-state index contributed by atoms with van der Waals surface area (Å²) < 4.78 is -0.935. The van der Waals surface area contributed by atoms with Crippen molar-refractivity contribution in [2.75, 3.05) is 19.7 Å². The summed E-state index contributed by atoms with van der Waals surface area (Å²) in [6.07, 6.45) is 9.43. The number of aliphatic hydroxyl groups excluding tert-OH is 1. The SMILES string of the molecule is CC(C)(C)CC(C)(C)N1CC=C[C@]23S[C@H]4C=CCN(Cc5ccccc5)C(=O)[C@H]4[C@H]2C(=O)N([C@@H](CO)Cc2ccccc2)C3C1=O. The second-order valence-corrected chi connectivity index (χ2v) is 16.6. The summed E-state index contributed by atoms with van der Waals surface area (Å²) in [5.74, 6) is -1.72. The fourth-order valence-corrected chi connectivity index (χ4v) is 10.5. The molecule has 0 saturated carbocycles. The van der Waals surface area contributed by atoms with Crippen LogP contribution in [0.3, 0.4) is 0 Å². The van der Waals surface area contributed by atoms with Crippen molar-refractivity contribution in [2.45, 2.75) is 81.6 Å². The summed E-state index contributed by atoms with van der Waals surface area (Å²) >= 11 is 1.59. The Labute approximate surface area is 277 Å². The Balaban J connectivity index is 1.43. The predicted octanol–water partition coefficient (Wildman–Crippen LogP) is 5.10. The minimum Gasteiger partial charge on any atom is -0.394 e. The van der Waals surface area contributed by atoms with Crippen LogP contribution in [0.15, 0.2) is 85.0 Å². The Morgan fingerprint density at radius 2 is 1.52 bits per heavy atom. The summed E-state index contributed by atoms with van der Waals surface area (Å²) in [7, 11) is 0. The molecule has 4 aliphatic rings. The van der Waals surface area contributed by atoms with Crippen LogP contribution in [0.25, 0.3) is 0 Å². The van der Waals surface area contributed by atoms with Gasteiger partial charge in [-0.25, -0.2) is 0 Å². The van der Waals surface area contributed by atoms with Gasteiger partial charge >= 0.3 is 0 Å². The molecule has 0 aliphatic carbocycles. The number of hydrogen-bond donors (Lipinski definition) is 1. The zero-order valence-corrected chi connectivity index (χ0v) is 28.5. The normalized spacial score (nSPS) is 28.6. The molecule has 0 aromatic heterocycles. The number of hydrogen-bond acceptors (Lipinski definition) is 5. The number of rotatable bonds is 8. The van der Waals surface area contributed by atoms with E-state index in [1.165, 1.54) is 0 Å². The topological polar surface area (TPSA) is 81.2 Å². The summed E-state index contributed by atoms with van der Waals surface area (Å²) in [5.41, 5.74) is 1.50. The molecule has 0 radical (unpaired) electrons. The van der Waals surface area contributed by atoms with Crippen molar-refractivity contribution in [3.63, 3.8) is 0 Å². The maximum Gasteiger partial charge on any atom is 0.247 e. The highest BCUT2D eigenvalue weighted by Gasteiger charge is 2.72. The highest BCUT2D eigenvalue weighted by atomic mass is 32.2. The molecule has 0 bridgehead atoms. The third-order valence-electron chi connectivity index (χ3n) is 10.0. The average molecular weight is 642 g/mol. The molecule has 7 nitrogen and oxygen atoms in total. The molecular weight excluding hydrogens is 595 g/mol. The first-order chi connectivity index (χ1) is 21.9. The lowest BCUT2D eigenvalue weighted by Crippen LogP contribution is -2.60. The molecule has 1 N–H and O–H groups in total. The first-order valence-corrected chi connectivity index (χ1v) is 17.4. The molecule has 2 aromatic carbocycles. The maximum absolute atomic E-state index is 15.1. The van der Waals surface area contributed by atoms with Gasteiger partial charge in [-0.1, -0.05) is 106 Å². The lowest BCUT2D eigenvalue weighted by molar-refractivity contribution is -0.149. The Bertz CT molecular complexity index is 1520. The molecule has 4 aliphatic heterocycles. The number of amides is 3. The summed E-state index contributed by atoms with van der Waals surface area (Å²) in [5, 5.41) is 10.6. The van der Waals surface area contributed by atoms with E-state index in [1.807, 2.05) is 82.6 Å². The van der Waals surface area contributed by atoms with Gasteiger partial charge in [0.1, 0.15) is 6.04 Å². The molecule has 244 valence electrons. The lowest BCUT2D eigenvalue weighted by Gasteiger charge is -2.45. The molecule has 2 saturated heterocycles. The molecule has 4 heterocycles. The number of benzene rings is 2. The molecule has 46 heavy (non-hydrogen) atoms. The van der Waals surface area contributed by atoms with Gasteiger partial charge in [0.25, 0.3) is 0 Å². The Hall–Kier alpha value is -3.36. The number of likely N-dealkylation sites (tertiary alicyclic amines) is 1. The maximum atomic E-state index is 15.1. The van der Waals surface area contributed by atoms with E-state index < -0.39 is 34.2 Å². The van der Waals surface area contributed by atoms with Gasteiger partial charge in [0.05, 0.1) is 29.2 Å². The summed E-state index contributed by atoms with van der Waals surface area (Å²) in [4.78, 5) is 50.0. The van der Waals surface area contributed by atoms with E-state index in [9.17, 15) is 14.7 Å². The van der Waals surface area contributed by atoms with Crippen LogP contribution in [-0.4, -0.2) is 84.8 Å². The van der Waals surface area contributed by atoms with Crippen LogP contribution in [0.1, 0.15) is 52.2 Å². The van der Waals surface area contributed by atoms with Gasteiger partial charge < -0.3 is 19.8 Å². The van der Waals surface area contributed by atoms with Crippen LogP contribution < -0.4 is 0 Å². The number of aliphatic hydroxyl groups is 1. The van der Waals surface area contributed by atoms with E-state index in [1.54, 1.807) is 16.7 Å². The Morgan fingerprint density at radius 3 is 2.15 bits per heavy atom. The van der Waals surface area contributed by atoms with Crippen molar-refractivity contribution in [1.82, 2.24) is 14.7 Å². The standard InChI is InChI=1S/C38H47N3O4S/c1-36(2,3)25-37(4,5)40-21-13-19-38-31(30-29(46-38)18-12-20-39(33(30)43)23-27-16-10-7-11-17-27)34(44)41(32(38)35(40)45)28(24-42)22-26-14-8-6-9-15-26/h6-19,28-32,42H,20-25H2,1-5H3/t28-,29+,30-,31+,32?,38+/m1/s1. The minimum atomic E-state index is -0.935. The molecular formula is C38H47N3O4S. The van der Waals surface area contributed by atoms with Gasteiger partial charge in [-0.3, -0.25) is 14.4 Å². The summed E-state index contributed by atoms with van der Waals surface area (Å²) in [6.45, 7) is 11.8. The largest absolute Gasteiger partial charge is 0.394 e. The third-order valence-corrected chi connectivity index (χ3v) is 11.8. The average Bonchev–Trinajstić information content (AvgIpc) is 3.32. The molecule has 6 atom stereocenters. The highest BCUT2D eigenvalue weighted by Crippen LogP contribution is 2.61. The second-order valence-electron chi connectivity index (χ2n) is 15.1. The van der Waals surface area contributed by atoms with Crippen molar-refractivity contribution in [2.24, 2.45) is 17.3 Å². The van der Waals surface area contributed by atoms with E-state index in [0.717, 1.165) is 17.5 Å². The molecule has 2 fully saturated rings. The first-order valence-electron chi connectivity index (χ1n) is 16.5. The van der Waals surface area contributed by atoms with Gasteiger partial charge in [-0.2, -0.15) is 0 Å². The smallest absolute Gasteiger partial charge is 0.247 e. The monoisotopic (exact) mass is 641 g/mol. The quantitative estimate of drug-likeness (QED) is 0.406. The second kappa shape index (κ2) is 12.3. The number of thioether (sulfide) groups is 1. The first kappa shape index (κ1) is 32.6. The van der Waals surface area contributed by atoms with Crippen LogP contribution in [0.2, 0.25) is 0 Å². The van der Waals surface area contributed by atoms with E-state index in [0.29, 0.717) is 26.1 Å². The number of fused-ring (bicyclic) bond motifs is 2. The fourth-order valence-electron chi connectivity index (χ4n) is 8.54. The van der Waals surface area contributed by atoms with Crippen LogP contribution >= 0.6 is 11.8 Å². The molecule has 1 unspecified atom stereocenters. The van der Waals surface area contributed by atoms with Gasteiger partial charge in [0.2, 0.25) is 17.7 Å². The third kappa shape index (κ3) is 5.83. The molecule has 8 heteroatoms. The zero-order valence-electron chi connectivity index (χ0n) is 27.6. The zero-order chi connectivity index (χ0) is 32.9. The number of carbonyl (C=O) groups is 3. The molecule has 6 rings (SSSR count).